The molecule has 30 heavy (non-hydrogen) atoms. The maximum atomic E-state index is 10.9. The van der Waals surface area contributed by atoms with E-state index in [1.807, 2.05) is 24.7 Å². The highest BCUT2D eigenvalue weighted by Crippen LogP contribution is 2.42. The summed E-state index contributed by atoms with van der Waals surface area (Å²) in [7, 11) is 0. The van der Waals surface area contributed by atoms with Crippen LogP contribution in [0.4, 0.5) is 5.82 Å². The van der Waals surface area contributed by atoms with Crippen LogP contribution in [0.3, 0.4) is 0 Å². The molecule has 2 aliphatic carbocycles. The Kier molecular flexibility index (Phi) is 5.48. The van der Waals surface area contributed by atoms with Gasteiger partial charge >= 0.3 is 0 Å². The number of nitrogens with zero attached hydrogens (tertiary/aromatic N) is 6. The van der Waals surface area contributed by atoms with Gasteiger partial charge in [-0.3, -0.25) is 4.98 Å². The van der Waals surface area contributed by atoms with Crippen molar-refractivity contribution in [1.82, 2.24) is 25.0 Å². The van der Waals surface area contributed by atoms with Gasteiger partial charge in [-0.25, -0.2) is 9.67 Å². The van der Waals surface area contributed by atoms with E-state index in [2.05, 4.69) is 26.4 Å². The summed E-state index contributed by atoms with van der Waals surface area (Å²) in [5.41, 5.74) is 3.03. The lowest BCUT2D eigenvalue weighted by molar-refractivity contribution is 0.0298. The normalized spacial score (nSPS) is 29.9. The average molecular weight is 411 g/mol. The van der Waals surface area contributed by atoms with Gasteiger partial charge in [0.05, 0.1) is 29.2 Å². The monoisotopic (exact) mass is 410 g/mol. The first-order valence-electron chi connectivity index (χ1n) is 11.7. The third kappa shape index (κ3) is 3.96. The largest absolute Gasteiger partial charge is 0.391 e. The van der Waals surface area contributed by atoms with Crippen molar-refractivity contribution in [3.8, 4) is 0 Å². The first kappa shape index (κ1) is 19.9. The highest BCUT2D eigenvalue weighted by atomic mass is 16.3. The van der Waals surface area contributed by atoms with Crippen LogP contribution in [-0.4, -0.2) is 49.3 Å². The number of aliphatic hydroxyl groups is 1. The molecule has 1 N–H and O–H groups in total. The van der Waals surface area contributed by atoms with E-state index < -0.39 is 0 Å². The molecule has 2 aromatic rings. The van der Waals surface area contributed by atoms with Crippen molar-refractivity contribution in [3.63, 3.8) is 0 Å². The third-order valence-electron chi connectivity index (χ3n) is 7.58. The molecule has 2 aromatic heterocycles. The molecule has 5 rings (SSSR count). The molecule has 7 heteroatoms. The number of hydrogen-bond acceptors (Lipinski definition) is 6. The Labute approximate surface area is 178 Å². The Morgan fingerprint density at radius 1 is 1.07 bits per heavy atom. The zero-order valence-corrected chi connectivity index (χ0v) is 18.2. The Balaban J connectivity index is 1.26. The van der Waals surface area contributed by atoms with E-state index in [-0.39, 0.29) is 12.1 Å². The minimum absolute atomic E-state index is 0.0310. The molecule has 4 atom stereocenters. The second kappa shape index (κ2) is 8.25. The van der Waals surface area contributed by atoms with E-state index in [0.717, 1.165) is 61.2 Å². The van der Waals surface area contributed by atoms with E-state index in [1.165, 1.54) is 32.1 Å². The van der Waals surface area contributed by atoms with Crippen molar-refractivity contribution in [2.75, 3.05) is 18.0 Å². The molecule has 0 unspecified atom stereocenters. The predicted molar refractivity (Wildman–Crippen MR) is 115 cm³/mol. The summed E-state index contributed by atoms with van der Waals surface area (Å²) >= 11 is 0. The Morgan fingerprint density at radius 3 is 2.63 bits per heavy atom. The lowest BCUT2D eigenvalue weighted by Crippen LogP contribution is -2.36. The van der Waals surface area contributed by atoms with Gasteiger partial charge in [0.2, 0.25) is 0 Å². The van der Waals surface area contributed by atoms with Crippen LogP contribution in [-0.2, 0) is 6.42 Å². The topological polar surface area (TPSA) is 80.0 Å². The van der Waals surface area contributed by atoms with Gasteiger partial charge in [-0.15, -0.1) is 5.10 Å². The molecular weight excluding hydrogens is 376 g/mol. The third-order valence-corrected chi connectivity index (χ3v) is 7.58. The van der Waals surface area contributed by atoms with Gasteiger partial charge in [-0.05, 0) is 50.9 Å². The summed E-state index contributed by atoms with van der Waals surface area (Å²) in [6.07, 6.45) is 13.1. The molecule has 1 saturated heterocycles. The fourth-order valence-electron chi connectivity index (χ4n) is 5.94. The fourth-order valence-corrected chi connectivity index (χ4v) is 5.94. The molecule has 3 heterocycles. The number of aliphatic hydroxyl groups excluding tert-OH is 1. The van der Waals surface area contributed by atoms with Gasteiger partial charge in [0.25, 0.3) is 0 Å². The fraction of sp³-hybridized carbons (Fsp3) is 0.739. The molecule has 2 saturated carbocycles. The molecule has 7 nitrogen and oxygen atoms in total. The molecule has 0 spiro atoms. The summed E-state index contributed by atoms with van der Waals surface area (Å²) < 4.78 is 1.96. The van der Waals surface area contributed by atoms with Crippen LogP contribution < -0.4 is 4.90 Å². The zero-order valence-electron chi connectivity index (χ0n) is 18.2. The number of anilines is 1. The number of hydrogen-bond donors (Lipinski definition) is 1. The van der Waals surface area contributed by atoms with Gasteiger partial charge in [0, 0.05) is 25.5 Å². The maximum absolute atomic E-state index is 10.9. The molecule has 0 amide bonds. The Hall–Kier alpha value is -2.02. The molecular formula is C23H34N6O. The van der Waals surface area contributed by atoms with Gasteiger partial charge < -0.3 is 10.0 Å². The quantitative estimate of drug-likeness (QED) is 0.833. The lowest BCUT2D eigenvalue weighted by atomic mass is 9.77. The second-order valence-electron chi connectivity index (χ2n) is 9.85. The van der Waals surface area contributed by atoms with Crippen molar-refractivity contribution < 1.29 is 5.11 Å². The molecule has 3 aliphatic rings. The molecule has 0 radical (unpaired) electrons. The molecule has 0 aromatic carbocycles. The Morgan fingerprint density at radius 2 is 1.83 bits per heavy atom. The van der Waals surface area contributed by atoms with Crippen LogP contribution >= 0.6 is 0 Å². The van der Waals surface area contributed by atoms with E-state index in [9.17, 15) is 5.11 Å². The van der Waals surface area contributed by atoms with Crippen molar-refractivity contribution in [2.24, 2.45) is 17.8 Å². The molecule has 162 valence electrons. The second-order valence-corrected chi connectivity index (χ2v) is 9.85. The summed E-state index contributed by atoms with van der Waals surface area (Å²) in [6.45, 7) is 5.97. The SMILES string of the molecule is Cc1cnc(C)c(N2C[C@H]3C[C@@H](n4cc(CC5CCCCC5)nn4)[C@H](O)C[C@H]3C2)n1. The summed E-state index contributed by atoms with van der Waals surface area (Å²) in [5.74, 6) is 2.81. The first-order valence-corrected chi connectivity index (χ1v) is 11.7. The van der Waals surface area contributed by atoms with E-state index in [1.54, 1.807) is 0 Å². The summed E-state index contributed by atoms with van der Waals surface area (Å²) in [5, 5.41) is 19.8. The standard InChI is InChI=1S/C23H34N6O/c1-15-11-24-16(2)23(25-15)28-12-18-9-21(22(30)10-19(18)13-28)29-14-20(26-27-29)8-17-6-4-3-5-7-17/h11,14,17-19,21-22,30H,3-10,12-13H2,1-2H3/t18-,19+,21-,22-/m1/s1. The molecule has 3 fully saturated rings. The van der Waals surface area contributed by atoms with E-state index >= 15 is 0 Å². The summed E-state index contributed by atoms with van der Waals surface area (Å²) in [4.78, 5) is 11.6. The maximum Gasteiger partial charge on any atom is 0.150 e. The zero-order chi connectivity index (χ0) is 20.7. The van der Waals surface area contributed by atoms with E-state index in [0.29, 0.717) is 11.8 Å². The minimum Gasteiger partial charge on any atom is -0.391 e. The van der Waals surface area contributed by atoms with Crippen LogP contribution in [0, 0.1) is 31.6 Å². The van der Waals surface area contributed by atoms with Gasteiger partial charge in [0.15, 0.2) is 0 Å². The van der Waals surface area contributed by atoms with Gasteiger partial charge in [0.1, 0.15) is 5.82 Å². The first-order chi connectivity index (χ1) is 14.6. The van der Waals surface area contributed by atoms with Crippen molar-refractivity contribution >= 4 is 5.82 Å². The smallest absolute Gasteiger partial charge is 0.150 e. The number of rotatable bonds is 4. The number of aromatic nitrogens is 5. The van der Waals surface area contributed by atoms with Crippen LogP contribution in [0.5, 0.6) is 0 Å². The number of fused-ring (bicyclic) bond motifs is 1. The molecule has 1 aliphatic heterocycles. The van der Waals surface area contributed by atoms with Crippen LogP contribution in [0.25, 0.3) is 0 Å². The summed E-state index contributed by atoms with van der Waals surface area (Å²) in [6, 6.07) is 0.0310. The predicted octanol–water partition coefficient (Wildman–Crippen LogP) is 3.26. The molecule has 0 bridgehead atoms. The Bertz CT molecular complexity index is 876. The lowest BCUT2D eigenvalue weighted by Gasteiger charge is -2.34. The van der Waals surface area contributed by atoms with Crippen molar-refractivity contribution in [1.29, 1.82) is 0 Å². The van der Waals surface area contributed by atoms with E-state index in [4.69, 9.17) is 4.98 Å². The van der Waals surface area contributed by atoms with Gasteiger partial charge in [-0.2, -0.15) is 0 Å². The van der Waals surface area contributed by atoms with Crippen LogP contribution in [0.1, 0.15) is 68.1 Å². The highest BCUT2D eigenvalue weighted by molar-refractivity contribution is 5.44. The van der Waals surface area contributed by atoms with Gasteiger partial charge in [-0.1, -0.05) is 37.3 Å². The minimum atomic E-state index is -0.361. The van der Waals surface area contributed by atoms with Crippen LogP contribution in [0.2, 0.25) is 0 Å². The highest BCUT2D eigenvalue weighted by Gasteiger charge is 2.43. The average Bonchev–Trinajstić information content (AvgIpc) is 3.36. The number of aryl methyl sites for hydroxylation is 2. The van der Waals surface area contributed by atoms with Crippen molar-refractivity contribution in [2.45, 2.75) is 77.4 Å². The van der Waals surface area contributed by atoms with Crippen molar-refractivity contribution in [3.05, 3.63) is 29.5 Å². The van der Waals surface area contributed by atoms with Crippen LogP contribution in [0.15, 0.2) is 12.4 Å².